The molecule has 0 aliphatic heterocycles. The molecule has 0 fully saturated rings. The first-order chi connectivity index (χ1) is 6.01. The van der Waals surface area contributed by atoms with Crippen molar-refractivity contribution in [2.45, 2.75) is 25.8 Å². The Balaban J connectivity index is 4.90. The second-order valence-electron chi connectivity index (χ2n) is 3.24. The highest BCUT2D eigenvalue weighted by atomic mass is 16.4. The van der Waals surface area contributed by atoms with Gasteiger partial charge in [-0.2, -0.15) is 0 Å². The molecule has 0 spiro atoms. The molecule has 0 radical (unpaired) electrons. The Labute approximate surface area is 78.9 Å². The summed E-state index contributed by atoms with van der Waals surface area (Å²) in [4.78, 5) is 11.1. The molecule has 3 heteroatoms. The summed E-state index contributed by atoms with van der Waals surface area (Å²) in [6.07, 6.45) is 3.90. The first-order valence-corrected chi connectivity index (χ1v) is 4.22. The van der Waals surface area contributed by atoms with Crippen molar-refractivity contribution in [1.29, 1.82) is 0 Å². The van der Waals surface area contributed by atoms with Gasteiger partial charge in [0.2, 0.25) is 0 Å². The lowest BCUT2D eigenvalue weighted by molar-refractivity contribution is -0.149. The molecule has 3 N–H and O–H groups in total. The average Bonchev–Trinajstić information content (AvgIpc) is 2.03. The van der Waals surface area contributed by atoms with Crippen molar-refractivity contribution in [3.05, 3.63) is 25.3 Å². The molecule has 0 saturated heterocycles. The van der Waals surface area contributed by atoms with E-state index in [1.807, 2.05) is 0 Å². The van der Waals surface area contributed by atoms with E-state index in [0.29, 0.717) is 12.8 Å². The van der Waals surface area contributed by atoms with Crippen molar-refractivity contribution in [3.63, 3.8) is 0 Å². The zero-order chi connectivity index (χ0) is 10.5. The normalized spacial score (nSPS) is 13.4. The number of carboxylic acid groups (broad SMARTS) is 1. The molecule has 0 heterocycles. The summed E-state index contributed by atoms with van der Waals surface area (Å²) in [5.41, 5.74) is 4.73. The third kappa shape index (κ3) is 2.42. The summed E-state index contributed by atoms with van der Waals surface area (Å²) in [6.45, 7) is 8.77. The van der Waals surface area contributed by atoms with Crippen LogP contribution in [0.3, 0.4) is 0 Å². The average molecular weight is 183 g/mol. The van der Waals surface area contributed by atoms with Crippen LogP contribution in [0.15, 0.2) is 25.3 Å². The van der Waals surface area contributed by atoms with Crippen molar-refractivity contribution in [1.82, 2.24) is 0 Å². The summed E-state index contributed by atoms with van der Waals surface area (Å²) in [5, 5.41) is 9.08. The summed E-state index contributed by atoms with van der Waals surface area (Å²) in [6, 6.07) is -0.416. The predicted octanol–water partition coefficient (Wildman–Crippen LogP) is 1.56. The van der Waals surface area contributed by atoms with Gasteiger partial charge in [0, 0.05) is 6.04 Å². The topological polar surface area (TPSA) is 63.3 Å². The highest BCUT2D eigenvalue weighted by Crippen LogP contribution is 2.31. The Kier molecular flexibility index (Phi) is 4.42. The van der Waals surface area contributed by atoms with Crippen LogP contribution in [0.1, 0.15) is 19.8 Å². The lowest BCUT2D eigenvalue weighted by atomic mass is 9.75. The van der Waals surface area contributed by atoms with Gasteiger partial charge in [-0.25, -0.2) is 0 Å². The zero-order valence-corrected chi connectivity index (χ0v) is 7.99. The number of aliphatic carboxylic acids is 1. The molecule has 0 aliphatic rings. The van der Waals surface area contributed by atoms with Crippen molar-refractivity contribution in [2.24, 2.45) is 11.1 Å². The molecule has 1 atom stereocenters. The van der Waals surface area contributed by atoms with Crippen molar-refractivity contribution >= 4 is 5.97 Å². The predicted molar refractivity (Wildman–Crippen MR) is 53.3 cm³/mol. The fourth-order valence-electron chi connectivity index (χ4n) is 1.34. The maximum atomic E-state index is 11.1. The zero-order valence-electron chi connectivity index (χ0n) is 7.99. The van der Waals surface area contributed by atoms with E-state index in [0.717, 1.165) is 0 Å². The van der Waals surface area contributed by atoms with E-state index < -0.39 is 17.4 Å². The molecule has 0 aromatic heterocycles. The van der Waals surface area contributed by atoms with Crippen LogP contribution in [0, 0.1) is 5.41 Å². The van der Waals surface area contributed by atoms with Gasteiger partial charge >= 0.3 is 5.97 Å². The van der Waals surface area contributed by atoms with E-state index in [2.05, 4.69) is 13.2 Å². The second kappa shape index (κ2) is 4.82. The van der Waals surface area contributed by atoms with E-state index in [4.69, 9.17) is 10.8 Å². The first-order valence-electron chi connectivity index (χ1n) is 4.22. The molecule has 3 nitrogen and oxygen atoms in total. The molecule has 0 aromatic carbocycles. The van der Waals surface area contributed by atoms with Crippen molar-refractivity contribution < 1.29 is 9.90 Å². The lowest BCUT2D eigenvalue weighted by Gasteiger charge is -2.30. The Hall–Kier alpha value is -1.09. The molecule has 0 bridgehead atoms. The van der Waals surface area contributed by atoms with Crippen LogP contribution in [0.5, 0.6) is 0 Å². The lowest BCUT2D eigenvalue weighted by Crippen LogP contribution is -2.45. The fourth-order valence-corrected chi connectivity index (χ4v) is 1.34. The quantitative estimate of drug-likeness (QED) is 0.614. The minimum atomic E-state index is -0.941. The molecule has 0 amide bonds. The second-order valence-corrected chi connectivity index (χ2v) is 3.24. The third-order valence-corrected chi connectivity index (χ3v) is 2.31. The van der Waals surface area contributed by atoms with Crippen LogP contribution in [0.2, 0.25) is 0 Å². The third-order valence-electron chi connectivity index (χ3n) is 2.31. The number of hydrogen-bond donors (Lipinski definition) is 2. The molecule has 0 rings (SSSR count). The number of allylic oxidation sites excluding steroid dienone is 2. The minimum Gasteiger partial charge on any atom is -0.481 e. The molecule has 0 aliphatic carbocycles. The van der Waals surface area contributed by atoms with Gasteiger partial charge in [0.05, 0.1) is 5.41 Å². The standard InChI is InChI=1S/C10H17NO2/c1-4-6-10(7-5-2,8(3)11)9(12)13/h4-5,8H,1-2,6-7,11H2,3H3,(H,12,13). The largest absolute Gasteiger partial charge is 0.481 e. The van der Waals surface area contributed by atoms with E-state index in [9.17, 15) is 4.79 Å². The first kappa shape index (κ1) is 11.9. The van der Waals surface area contributed by atoms with Gasteiger partial charge in [0.15, 0.2) is 0 Å². The highest BCUT2D eigenvalue weighted by Gasteiger charge is 2.39. The van der Waals surface area contributed by atoms with Crippen LogP contribution < -0.4 is 5.73 Å². The van der Waals surface area contributed by atoms with E-state index in [1.54, 1.807) is 19.1 Å². The van der Waals surface area contributed by atoms with Gasteiger partial charge in [-0.05, 0) is 19.8 Å². The highest BCUT2D eigenvalue weighted by molar-refractivity contribution is 5.76. The van der Waals surface area contributed by atoms with Crippen molar-refractivity contribution in [2.75, 3.05) is 0 Å². The van der Waals surface area contributed by atoms with Gasteiger partial charge in [0.25, 0.3) is 0 Å². The van der Waals surface area contributed by atoms with Crippen LogP contribution >= 0.6 is 0 Å². The van der Waals surface area contributed by atoms with E-state index >= 15 is 0 Å². The van der Waals surface area contributed by atoms with Crippen molar-refractivity contribution in [3.8, 4) is 0 Å². The Morgan fingerprint density at radius 2 is 1.92 bits per heavy atom. The number of hydrogen-bond acceptors (Lipinski definition) is 2. The molecule has 0 aromatic rings. The molecular formula is C10H17NO2. The van der Waals surface area contributed by atoms with Crippen LogP contribution in [0.4, 0.5) is 0 Å². The van der Waals surface area contributed by atoms with Gasteiger partial charge in [-0.3, -0.25) is 4.79 Å². The summed E-state index contributed by atoms with van der Waals surface area (Å²) < 4.78 is 0. The number of rotatable bonds is 6. The van der Waals surface area contributed by atoms with Crippen LogP contribution in [0.25, 0.3) is 0 Å². The van der Waals surface area contributed by atoms with Crippen LogP contribution in [-0.4, -0.2) is 17.1 Å². The summed E-state index contributed by atoms with van der Waals surface area (Å²) >= 11 is 0. The summed E-state index contributed by atoms with van der Waals surface area (Å²) in [7, 11) is 0. The molecule has 13 heavy (non-hydrogen) atoms. The maximum absolute atomic E-state index is 11.1. The van der Waals surface area contributed by atoms with Gasteiger partial charge in [0.1, 0.15) is 0 Å². The Morgan fingerprint density at radius 1 is 1.54 bits per heavy atom. The fraction of sp³-hybridized carbons (Fsp3) is 0.500. The monoisotopic (exact) mass is 183 g/mol. The maximum Gasteiger partial charge on any atom is 0.311 e. The van der Waals surface area contributed by atoms with Gasteiger partial charge in [-0.15, -0.1) is 13.2 Å². The molecule has 1 unspecified atom stereocenters. The van der Waals surface area contributed by atoms with Gasteiger partial charge in [-0.1, -0.05) is 12.2 Å². The molecule has 74 valence electrons. The minimum absolute atomic E-state index is 0.367. The van der Waals surface area contributed by atoms with E-state index in [1.165, 1.54) is 0 Å². The smallest absolute Gasteiger partial charge is 0.311 e. The van der Waals surface area contributed by atoms with E-state index in [-0.39, 0.29) is 0 Å². The Morgan fingerprint density at radius 3 is 2.08 bits per heavy atom. The molecule has 0 saturated carbocycles. The number of nitrogens with two attached hydrogens (primary N) is 1. The van der Waals surface area contributed by atoms with Crippen LogP contribution in [-0.2, 0) is 4.79 Å². The number of carbonyl (C=O) groups is 1. The number of carboxylic acids is 1. The molecular weight excluding hydrogens is 166 g/mol. The summed E-state index contributed by atoms with van der Waals surface area (Å²) in [5.74, 6) is -0.887. The Bertz CT molecular complexity index is 199. The SMILES string of the molecule is C=CCC(CC=C)(C(=O)O)C(C)N. The van der Waals surface area contributed by atoms with Gasteiger partial charge < -0.3 is 10.8 Å².